The van der Waals surface area contributed by atoms with Crippen LogP contribution in [-0.2, 0) is 31.1 Å². The molecule has 1 unspecified atom stereocenters. The van der Waals surface area contributed by atoms with Gasteiger partial charge in [0.2, 0.25) is 0 Å². The van der Waals surface area contributed by atoms with Crippen LogP contribution in [0.2, 0.25) is 10.0 Å². The van der Waals surface area contributed by atoms with Gasteiger partial charge in [-0.2, -0.15) is 16.8 Å². The standard InChI is InChI=1S/C35H44Cl2N2O6S2/c1-34(2)28-24-26(36)16-18-30(28)38(20-10-12-22-46(40,41)42)32(34)14-8-6-5-7-9-15-33-35(3,4)29-25-27(37)17-19-31(29)39(33)21-11-13-23-47(43,44)45/h5-9,14-19,24-25,32H,10-13,20-23H2,1-4H3,(H,40,41,42)(H,43,44,45)/b6-5+,9-7+,14-8+,33-15+. The third-order valence-corrected chi connectivity index (χ3v) is 11.0. The van der Waals surface area contributed by atoms with E-state index >= 15 is 0 Å². The molecule has 0 saturated carbocycles. The Labute approximate surface area is 289 Å². The normalized spacial score (nSPS) is 19.9. The molecule has 2 aromatic carbocycles. The molecule has 0 aliphatic carbocycles. The van der Waals surface area contributed by atoms with E-state index in [1.165, 1.54) is 0 Å². The van der Waals surface area contributed by atoms with Crippen LogP contribution in [0, 0.1) is 0 Å². The number of unbranched alkanes of at least 4 members (excludes halogenated alkanes) is 2. The van der Waals surface area contributed by atoms with Crippen LogP contribution in [0.5, 0.6) is 0 Å². The molecule has 0 radical (unpaired) electrons. The minimum atomic E-state index is -4.00. The Morgan fingerprint density at radius 2 is 1.26 bits per heavy atom. The first kappa shape index (κ1) is 37.2. The van der Waals surface area contributed by atoms with Gasteiger partial charge in [-0.25, -0.2) is 0 Å². The van der Waals surface area contributed by atoms with Crippen LogP contribution in [0.25, 0.3) is 0 Å². The zero-order chi connectivity index (χ0) is 34.6. The molecular weight excluding hydrogens is 679 g/mol. The summed E-state index contributed by atoms with van der Waals surface area (Å²) in [6, 6.07) is 11.7. The number of fused-ring (bicyclic) bond motifs is 2. The summed E-state index contributed by atoms with van der Waals surface area (Å²) in [5, 5.41) is 1.32. The highest BCUT2D eigenvalue weighted by Crippen LogP contribution is 2.49. The zero-order valence-electron chi connectivity index (χ0n) is 27.2. The zero-order valence-corrected chi connectivity index (χ0v) is 30.4. The lowest BCUT2D eigenvalue weighted by molar-refractivity contribution is 0.466. The van der Waals surface area contributed by atoms with Crippen LogP contribution < -0.4 is 9.80 Å². The van der Waals surface area contributed by atoms with E-state index in [4.69, 9.17) is 32.3 Å². The highest BCUT2D eigenvalue weighted by Gasteiger charge is 2.43. The maximum absolute atomic E-state index is 11.2. The van der Waals surface area contributed by atoms with Gasteiger partial charge in [-0.05, 0) is 79.3 Å². The van der Waals surface area contributed by atoms with Crippen molar-refractivity contribution in [3.8, 4) is 0 Å². The smallest absolute Gasteiger partial charge is 0.264 e. The average molecular weight is 724 g/mol. The van der Waals surface area contributed by atoms with Crippen molar-refractivity contribution in [2.75, 3.05) is 34.4 Å². The molecule has 4 rings (SSSR count). The largest absolute Gasteiger partial charge is 0.364 e. The number of halogens is 2. The summed E-state index contributed by atoms with van der Waals surface area (Å²) >= 11 is 12.7. The molecule has 0 aromatic heterocycles. The van der Waals surface area contributed by atoms with Crippen LogP contribution in [0.4, 0.5) is 11.4 Å². The van der Waals surface area contributed by atoms with Gasteiger partial charge >= 0.3 is 0 Å². The van der Waals surface area contributed by atoms with Gasteiger partial charge in [0.15, 0.2) is 0 Å². The van der Waals surface area contributed by atoms with Crippen LogP contribution in [0.15, 0.2) is 84.6 Å². The van der Waals surface area contributed by atoms with E-state index in [1.54, 1.807) is 0 Å². The summed E-state index contributed by atoms with van der Waals surface area (Å²) in [6.07, 6.45) is 16.0. The first-order chi connectivity index (χ1) is 21.9. The Balaban J connectivity index is 1.49. The van der Waals surface area contributed by atoms with Gasteiger partial charge in [-0.3, -0.25) is 9.11 Å². The number of hydrogen-bond acceptors (Lipinski definition) is 6. The molecule has 256 valence electrons. The fourth-order valence-corrected chi connectivity index (χ4v) is 8.08. The number of nitrogens with zero attached hydrogens (tertiary/aromatic N) is 2. The molecule has 0 bridgehead atoms. The quantitative estimate of drug-likeness (QED) is 0.114. The molecule has 0 saturated heterocycles. The third kappa shape index (κ3) is 9.31. The molecule has 0 amide bonds. The Hall–Kier alpha value is -2.60. The van der Waals surface area contributed by atoms with Crippen molar-refractivity contribution in [3.63, 3.8) is 0 Å². The minimum absolute atomic E-state index is 0.0106. The van der Waals surface area contributed by atoms with Gasteiger partial charge < -0.3 is 9.80 Å². The number of hydrogen-bond donors (Lipinski definition) is 2. The van der Waals surface area contributed by atoms with Gasteiger partial charge in [-0.1, -0.05) is 87.4 Å². The average Bonchev–Trinajstić information content (AvgIpc) is 3.29. The van der Waals surface area contributed by atoms with E-state index in [-0.39, 0.29) is 28.4 Å². The van der Waals surface area contributed by atoms with Crippen LogP contribution in [0.1, 0.15) is 64.5 Å². The van der Waals surface area contributed by atoms with Crippen molar-refractivity contribution in [1.82, 2.24) is 0 Å². The monoisotopic (exact) mass is 722 g/mol. The Kier molecular flexibility index (Phi) is 11.8. The lowest BCUT2D eigenvalue weighted by Crippen LogP contribution is -2.40. The van der Waals surface area contributed by atoms with Gasteiger partial charge in [-0.15, -0.1) is 0 Å². The number of allylic oxidation sites excluding steroid dienone is 7. The van der Waals surface area contributed by atoms with Crippen molar-refractivity contribution in [2.24, 2.45) is 0 Å². The fourth-order valence-electron chi connectivity index (χ4n) is 6.60. The fraction of sp³-hybridized carbons (Fsp3) is 0.429. The molecule has 2 aliphatic heterocycles. The predicted molar refractivity (Wildman–Crippen MR) is 194 cm³/mol. The Morgan fingerprint density at radius 1 is 0.723 bits per heavy atom. The van der Waals surface area contributed by atoms with Crippen molar-refractivity contribution < 1.29 is 25.9 Å². The maximum Gasteiger partial charge on any atom is 0.264 e. The molecule has 2 aromatic rings. The van der Waals surface area contributed by atoms with E-state index in [1.807, 2.05) is 66.8 Å². The summed E-state index contributed by atoms with van der Waals surface area (Å²) in [5.74, 6) is -0.523. The Bertz CT molecular complexity index is 1800. The molecule has 0 spiro atoms. The molecular formula is C35H44Cl2N2O6S2. The first-order valence-corrected chi connectivity index (χ1v) is 19.7. The van der Waals surface area contributed by atoms with E-state index in [0.717, 1.165) is 28.2 Å². The summed E-state index contributed by atoms with van der Waals surface area (Å²) in [6.45, 7) is 9.87. The highest BCUT2D eigenvalue weighted by atomic mass is 35.5. The van der Waals surface area contributed by atoms with Crippen LogP contribution in [0.3, 0.4) is 0 Å². The van der Waals surface area contributed by atoms with Crippen LogP contribution in [-0.4, -0.2) is 56.6 Å². The molecule has 2 heterocycles. The second-order valence-electron chi connectivity index (χ2n) is 13.2. The second kappa shape index (κ2) is 14.9. The SMILES string of the molecule is CC1(C)\C(=C/C=C/C=C/C=C/C2N(CCCCS(=O)(=O)O)c3ccc(Cl)cc3C2(C)C)N(CCCCS(=O)(=O)O)c2ccc(Cl)cc21. The van der Waals surface area contributed by atoms with Gasteiger partial charge in [0.25, 0.3) is 20.2 Å². The van der Waals surface area contributed by atoms with Crippen LogP contribution >= 0.6 is 23.2 Å². The number of rotatable bonds is 14. The molecule has 2 aliphatic rings. The third-order valence-electron chi connectivity index (χ3n) is 8.97. The Morgan fingerprint density at radius 3 is 1.87 bits per heavy atom. The number of benzene rings is 2. The van der Waals surface area contributed by atoms with Gasteiger partial charge in [0, 0.05) is 51.0 Å². The van der Waals surface area contributed by atoms with E-state index in [9.17, 15) is 16.8 Å². The molecule has 12 heteroatoms. The maximum atomic E-state index is 11.2. The second-order valence-corrected chi connectivity index (χ2v) is 17.2. The lowest BCUT2D eigenvalue weighted by atomic mass is 9.80. The summed E-state index contributed by atoms with van der Waals surface area (Å²) in [7, 11) is -7.99. The van der Waals surface area contributed by atoms with E-state index in [0.29, 0.717) is 48.8 Å². The first-order valence-electron chi connectivity index (χ1n) is 15.7. The molecule has 1 atom stereocenters. The van der Waals surface area contributed by atoms with Crippen molar-refractivity contribution in [1.29, 1.82) is 0 Å². The van der Waals surface area contributed by atoms with E-state index in [2.05, 4.69) is 49.6 Å². The lowest BCUT2D eigenvalue weighted by Gasteiger charge is -2.32. The van der Waals surface area contributed by atoms with Crippen molar-refractivity contribution >= 4 is 54.8 Å². The topological polar surface area (TPSA) is 115 Å². The molecule has 47 heavy (non-hydrogen) atoms. The van der Waals surface area contributed by atoms with Gasteiger partial charge in [0.05, 0.1) is 17.5 Å². The van der Waals surface area contributed by atoms with Gasteiger partial charge in [0.1, 0.15) is 0 Å². The molecule has 8 nitrogen and oxygen atoms in total. The number of anilines is 2. The summed E-state index contributed by atoms with van der Waals surface area (Å²) < 4.78 is 63.1. The molecule has 0 fully saturated rings. The van der Waals surface area contributed by atoms with Crippen molar-refractivity contribution in [3.05, 3.63) is 106 Å². The highest BCUT2D eigenvalue weighted by molar-refractivity contribution is 7.86. The van der Waals surface area contributed by atoms with E-state index < -0.39 is 20.2 Å². The molecule has 2 N–H and O–H groups in total. The summed E-state index contributed by atoms with van der Waals surface area (Å²) in [4.78, 5) is 4.47. The van der Waals surface area contributed by atoms with Crippen molar-refractivity contribution in [2.45, 2.75) is 70.3 Å². The summed E-state index contributed by atoms with van der Waals surface area (Å²) in [5.41, 5.74) is 4.83. The predicted octanol–water partition coefficient (Wildman–Crippen LogP) is 8.15. The minimum Gasteiger partial charge on any atom is -0.364 e.